The first-order valence-corrected chi connectivity index (χ1v) is 16.8. The second-order valence-corrected chi connectivity index (χ2v) is 13.9. The fourth-order valence-electron chi connectivity index (χ4n) is 5.23. The van der Waals surface area contributed by atoms with Crippen LogP contribution in [0, 0.1) is 11.8 Å². The molecule has 2 rings (SSSR count). The molecule has 0 aromatic heterocycles. The van der Waals surface area contributed by atoms with Gasteiger partial charge in [0.2, 0.25) is 23.6 Å². The molecule has 2 aliphatic heterocycles. The van der Waals surface area contributed by atoms with Gasteiger partial charge < -0.3 is 30.3 Å². The Bertz CT molecular complexity index is 1190. The molecule has 0 saturated carbocycles. The Morgan fingerprint density at radius 1 is 0.958 bits per heavy atom. The maximum Gasteiger partial charge on any atom is 0.407 e. The van der Waals surface area contributed by atoms with Crippen molar-refractivity contribution in [3.8, 4) is 0 Å². The van der Waals surface area contributed by atoms with E-state index in [0.29, 0.717) is 51.7 Å². The number of ketones is 1. The van der Waals surface area contributed by atoms with Gasteiger partial charge in [-0.1, -0.05) is 27.7 Å². The van der Waals surface area contributed by atoms with Gasteiger partial charge in [0, 0.05) is 57.2 Å². The first kappa shape index (κ1) is 40.2. The number of nitrogens with zero attached hydrogens (tertiary/aromatic N) is 2. The molecule has 270 valence electrons. The molecule has 0 unspecified atom stereocenters. The number of esters is 1. The monoisotopic (exact) mass is 678 g/mol. The molecule has 0 bridgehead atoms. The second kappa shape index (κ2) is 19.1. The van der Waals surface area contributed by atoms with Crippen LogP contribution in [0.3, 0.4) is 0 Å². The van der Waals surface area contributed by atoms with Crippen LogP contribution in [-0.2, 0) is 38.2 Å². The van der Waals surface area contributed by atoms with Gasteiger partial charge in [0.15, 0.2) is 12.4 Å². The van der Waals surface area contributed by atoms with Crippen LogP contribution in [0.5, 0.6) is 0 Å². The third kappa shape index (κ3) is 14.4. The minimum atomic E-state index is -0.985. The van der Waals surface area contributed by atoms with Crippen molar-refractivity contribution in [3.63, 3.8) is 0 Å². The predicted octanol–water partition coefficient (Wildman–Crippen LogP) is 1.36. The van der Waals surface area contributed by atoms with E-state index in [1.165, 1.54) is 5.01 Å². The highest BCUT2D eigenvalue weighted by Crippen LogP contribution is 2.15. The van der Waals surface area contributed by atoms with Crippen molar-refractivity contribution in [2.75, 3.05) is 32.8 Å². The molecule has 2 fully saturated rings. The van der Waals surface area contributed by atoms with Crippen LogP contribution in [0.4, 0.5) is 4.79 Å². The van der Waals surface area contributed by atoms with Crippen LogP contribution >= 0.6 is 0 Å². The summed E-state index contributed by atoms with van der Waals surface area (Å²) in [6, 6.07) is -1.98. The summed E-state index contributed by atoms with van der Waals surface area (Å²) in [5, 5.41) is 9.49. The van der Waals surface area contributed by atoms with E-state index in [1.54, 1.807) is 39.5 Å². The summed E-state index contributed by atoms with van der Waals surface area (Å²) in [6.45, 7) is 13.4. The second-order valence-electron chi connectivity index (χ2n) is 13.9. The third-order valence-corrected chi connectivity index (χ3v) is 7.63. The number of amides is 5. The zero-order chi connectivity index (χ0) is 36.0. The molecule has 2 heterocycles. The number of hydrogen-bond acceptors (Lipinski definition) is 10. The molecular formula is C33H54N6O9. The van der Waals surface area contributed by atoms with Gasteiger partial charge in [-0.25, -0.2) is 15.0 Å². The normalized spacial score (nSPS) is 18.0. The maximum atomic E-state index is 13.3. The van der Waals surface area contributed by atoms with Gasteiger partial charge in [0.1, 0.15) is 11.6 Å². The summed E-state index contributed by atoms with van der Waals surface area (Å²) in [4.78, 5) is 89.5. The van der Waals surface area contributed by atoms with Crippen LogP contribution in [0.25, 0.3) is 0 Å². The number of hydrazine groups is 1. The molecule has 0 aromatic rings. The summed E-state index contributed by atoms with van der Waals surface area (Å²) in [5.41, 5.74) is 2.34. The Hall–Kier alpha value is -4.01. The predicted molar refractivity (Wildman–Crippen MR) is 176 cm³/mol. The number of hydrogen-bond donors (Lipinski definition) is 4. The molecule has 0 radical (unpaired) electrons. The molecule has 4 N–H and O–H groups in total. The number of ether oxygens (including phenoxy) is 2. The first-order valence-electron chi connectivity index (χ1n) is 16.8. The van der Waals surface area contributed by atoms with Crippen molar-refractivity contribution in [2.24, 2.45) is 11.8 Å². The van der Waals surface area contributed by atoms with Crippen molar-refractivity contribution in [1.29, 1.82) is 0 Å². The number of nitrogens with one attached hydrogen (secondary N) is 4. The van der Waals surface area contributed by atoms with Crippen LogP contribution in [0.15, 0.2) is 12.2 Å². The fraction of sp³-hybridized carbons (Fsp3) is 0.727. The summed E-state index contributed by atoms with van der Waals surface area (Å²) >= 11 is 0. The van der Waals surface area contributed by atoms with E-state index >= 15 is 0 Å². The summed E-state index contributed by atoms with van der Waals surface area (Å²) in [7, 11) is 0. The van der Waals surface area contributed by atoms with Crippen LogP contribution in [0.2, 0.25) is 0 Å². The lowest BCUT2D eigenvalue weighted by atomic mass is 9.98. The quantitative estimate of drug-likeness (QED) is 0.154. The van der Waals surface area contributed by atoms with E-state index in [9.17, 15) is 33.6 Å². The molecule has 0 spiro atoms. The lowest BCUT2D eigenvalue weighted by Crippen LogP contribution is -2.61. The summed E-state index contributed by atoms with van der Waals surface area (Å²) in [5.74, 6) is -3.01. The highest BCUT2D eigenvalue weighted by molar-refractivity contribution is 5.97. The first-order chi connectivity index (χ1) is 22.5. The topological polar surface area (TPSA) is 193 Å². The number of rotatable bonds is 14. The van der Waals surface area contributed by atoms with E-state index in [2.05, 4.69) is 21.4 Å². The molecule has 2 aliphatic rings. The molecule has 2 atom stereocenters. The Balaban J connectivity index is 1.83. The Labute approximate surface area is 283 Å². The van der Waals surface area contributed by atoms with E-state index in [1.807, 2.05) is 13.8 Å². The molecule has 5 amide bonds. The molecule has 15 heteroatoms. The SMILES string of the molecule is CC(C)CC(=O)NCCC(=O)N1NCCC[C@H]1C(=O)N[C@H](C(=O)COC(=O)/C=C/C(=O)N1CCC(NC(=O)OC(C)(C)C)CC1)C(C)C. The number of Topliss-reactive ketones (excluding diaryl/α,β-unsaturated/α-hetero) is 1. The lowest BCUT2D eigenvalue weighted by molar-refractivity contribution is -0.148. The number of carbonyl (C=O) groups is 7. The molecular weight excluding hydrogens is 624 g/mol. The lowest BCUT2D eigenvalue weighted by Gasteiger charge is -2.36. The number of alkyl carbamates (subject to hydrolysis) is 1. The number of carbonyl (C=O) groups excluding carboxylic acids is 7. The van der Waals surface area contributed by atoms with Gasteiger partial charge in [-0.2, -0.15) is 0 Å². The van der Waals surface area contributed by atoms with Crippen molar-refractivity contribution in [2.45, 2.75) is 111 Å². The highest BCUT2D eigenvalue weighted by Gasteiger charge is 2.35. The average molecular weight is 679 g/mol. The molecule has 2 saturated heterocycles. The highest BCUT2D eigenvalue weighted by atomic mass is 16.6. The Kier molecular flexibility index (Phi) is 16.0. The summed E-state index contributed by atoms with van der Waals surface area (Å²) in [6.07, 6.45) is 3.95. The largest absolute Gasteiger partial charge is 0.454 e. The zero-order valence-corrected chi connectivity index (χ0v) is 29.4. The van der Waals surface area contributed by atoms with Gasteiger partial charge >= 0.3 is 12.1 Å². The maximum absolute atomic E-state index is 13.3. The van der Waals surface area contributed by atoms with Gasteiger partial charge in [0.25, 0.3) is 0 Å². The molecule has 0 aliphatic carbocycles. The number of piperidine rings is 1. The van der Waals surface area contributed by atoms with Gasteiger partial charge in [0.05, 0.1) is 6.04 Å². The standard InChI is InChI=1S/C33H54N6O9/c1-21(2)19-26(41)34-16-12-28(43)39-24(9-8-15-35-39)31(45)37-30(22(3)4)25(40)20-47-29(44)11-10-27(42)38-17-13-23(14-18-38)36-32(46)48-33(5,6)7/h10-11,21-24,30,35H,8-9,12-20H2,1-7H3,(H,34,41)(H,36,46)(H,37,45)/b11-10+/t24-,30-/m0/s1. The Morgan fingerprint density at radius 3 is 2.23 bits per heavy atom. The minimum Gasteiger partial charge on any atom is -0.454 e. The third-order valence-electron chi connectivity index (χ3n) is 7.63. The van der Waals surface area contributed by atoms with E-state index < -0.39 is 54.0 Å². The van der Waals surface area contributed by atoms with Crippen molar-refractivity contribution >= 4 is 41.5 Å². The zero-order valence-electron chi connectivity index (χ0n) is 29.4. The van der Waals surface area contributed by atoms with Gasteiger partial charge in [-0.15, -0.1) is 0 Å². The average Bonchev–Trinajstić information content (AvgIpc) is 3.00. The van der Waals surface area contributed by atoms with E-state index in [4.69, 9.17) is 9.47 Å². The van der Waals surface area contributed by atoms with Gasteiger partial charge in [-0.3, -0.25) is 29.0 Å². The van der Waals surface area contributed by atoms with E-state index in [0.717, 1.165) is 12.2 Å². The molecule has 0 aromatic carbocycles. The van der Waals surface area contributed by atoms with Crippen molar-refractivity contribution in [3.05, 3.63) is 12.2 Å². The molecule has 15 nitrogen and oxygen atoms in total. The van der Waals surface area contributed by atoms with Crippen molar-refractivity contribution in [1.82, 2.24) is 31.3 Å². The van der Waals surface area contributed by atoms with E-state index in [-0.39, 0.29) is 42.7 Å². The smallest absolute Gasteiger partial charge is 0.407 e. The summed E-state index contributed by atoms with van der Waals surface area (Å²) < 4.78 is 10.3. The van der Waals surface area contributed by atoms with Crippen LogP contribution in [0.1, 0.15) is 87.0 Å². The Morgan fingerprint density at radius 2 is 1.62 bits per heavy atom. The fourth-order valence-corrected chi connectivity index (χ4v) is 5.23. The number of likely N-dealkylation sites (tertiary alicyclic amines) is 1. The van der Waals surface area contributed by atoms with Crippen molar-refractivity contribution < 1.29 is 43.0 Å². The van der Waals surface area contributed by atoms with Gasteiger partial charge in [-0.05, 0) is 58.3 Å². The molecule has 48 heavy (non-hydrogen) atoms. The minimum absolute atomic E-state index is 0.00269. The van der Waals surface area contributed by atoms with Crippen LogP contribution in [-0.4, -0.2) is 108 Å². The van der Waals surface area contributed by atoms with Crippen LogP contribution < -0.4 is 21.4 Å².